The Morgan fingerprint density at radius 2 is 1.88 bits per heavy atom. The maximum atomic E-state index is 12.6. The molecule has 1 N–H and O–H groups in total. The van der Waals surface area contributed by atoms with Gasteiger partial charge in [0.2, 0.25) is 5.91 Å². The maximum Gasteiger partial charge on any atom is 0.416 e. The Labute approximate surface area is 151 Å². The molecule has 0 aliphatic rings. The van der Waals surface area contributed by atoms with Gasteiger partial charge in [0.25, 0.3) is 0 Å². The van der Waals surface area contributed by atoms with E-state index in [-0.39, 0.29) is 12.3 Å². The molecule has 0 bridgehead atoms. The lowest BCUT2D eigenvalue weighted by Crippen LogP contribution is -2.14. The van der Waals surface area contributed by atoms with Gasteiger partial charge in [-0.3, -0.25) is 9.78 Å². The van der Waals surface area contributed by atoms with Crippen molar-refractivity contribution in [3.8, 4) is 10.6 Å². The number of aromatic nitrogens is 2. The summed E-state index contributed by atoms with van der Waals surface area (Å²) >= 11 is 1.30. The molecule has 1 amide bonds. The lowest BCUT2D eigenvalue weighted by molar-refractivity contribution is -0.137. The summed E-state index contributed by atoms with van der Waals surface area (Å²) in [6.07, 6.45) is -2.74. The lowest BCUT2D eigenvalue weighted by Gasteiger charge is -2.07. The third kappa shape index (κ3) is 4.26. The van der Waals surface area contributed by atoms with Crippen molar-refractivity contribution in [3.63, 3.8) is 0 Å². The summed E-state index contributed by atoms with van der Waals surface area (Å²) < 4.78 is 37.7. The zero-order valence-corrected chi connectivity index (χ0v) is 14.5. The summed E-state index contributed by atoms with van der Waals surface area (Å²) in [5, 5.41) is 3.12. The number of amides is 1. The van der Waals surface area contributed by atoms with Crippen LogP contribution in [0.25, 0.3) is 10.6 Å². The topological polar surface area (TPSA) is 54.9 Å². The smallest absolute Gasteiger partial charge is 0.302 e. The molecule has 0 saturated carbocycles. The molecule has 0 unspecified atom stereocenters. The van der Waals surface area contributed by atoms with E-state index in [2.05, 4.69) is 15.3 Å². The van der Waals surface area contributed by atoms with Crippen molar-refractivity contribution >= 4 is 22.4 Å². The van der Waals surface area contributed by atoms with Crippen molar-refractivity contribution in [1.29, 1.82) is 0 Å². The summed E-state index contributed by atoms with van der Waals surface area (Å²) in [4.78, 5) is 21.6. The number of nitrogens with zero attached hydrogens (tertiary/aromatic N) is 2. The van der Waals surface area contributed by atoms with Crippen LogP contribution in [-0.4, -0.2) is 15.9 Å². The second-order valence-corrected chi connectivity index (χ2v) is 6.57. The van der Waals surface area contributed by atoms with Crippen molar-refractivity contribution in [1.82, 2.24) is 9.97 Å². The molecule has 134 valence electrons. The number of nitrogens with one attached hydrogen (secondary N) is 1. The standard InChI is InChI=1S/C18H14F3N3OS/c1-11-16(14-4-2-3-9-22-14)26-17(23-11)24-15(25)10-12-5-7-13(8-6-12)18(19,20)21/h2-9H,10H2,1H3,(H,23,24,25). The highest BCUT2D eigenvalue weighted by atomic mass is 32.1. The van der Waals surface area contributed by atoms with Gasteiger partial charge in [0.15, 0.2) is 5.13 Å². The van der Waals surface area contributed by atoms with Crippen LogP contribution in [-0.2, 0) is 17.4 Å². The summed E-state index contributed by atoms with van der Waals surface area (Å²) in [6.45, 7) is 1.83. The molecule has 2 aromatic heterocycles. The highest BCUT2D eigenvalue weighted by molar-refractivity contribution is 7.19. The normalized spacial score (nSPS) is 11.4. The first-order valence-corrected chi connectivity index (χ1v) is 8.49. The van der Waals surface area contributed by atoms with Crippen LogP contribution in [0.3, 0.4) is 0 Å². The molecule has 0 fully saturated rings. The number of pyridine rings is 1. The molecule has 0 aliphatic heterocycles. The molecule has 1 aromatic carbocycles. The minimum atomic E-state index is -4.39. The second kappa shape index (κ2) is 7.25. The third-order valence-electron chi connectivity index (χ3n) is 3.59. The molecule has 2 heterocycles. The maximum absolute atomic E-state index is 12.6. The minimum absolute atomic E-state index is 0.0321. The number of carbonyl (C=O) groups is 1. The first kappa shape index (κ1) is 18.1. The summed E-state index contributed by atoms with van der Waals surface area (Å²) in [7, 11) is 0. The van der Waals surface area contributed by atoms with E-state index in [1.54, 1.807) is 6.20 Å². The van der Waals surface area contributed by atoms with E-state index < -0.39 is 11.7 Å². The van der Waals surface area contributed by atoms with Crippen molar-refractivity contribution in [2.75, 3.05) is 5.32 Å². The van der Waals surface area contributed by atoms with E-state index in [4.69, 9.17) is 0 Å². The molecule has 0 saturated heterocycles. The van der Waals surface area contributed by atoms with Crippen LogP contribution in [0.4, 0.5) is 18.3 Å². The largest absolute Gasteiger partial charge is 0.416 e. The van der Waals surface area contributed by atoms with Crippen LogP contribution in [0, 0.1) is 6.92 Å². The molecule has 26 heavy (non-hydrogen) atoms. The number of hydrogen-bond acceptors (Lipinski definition) is 4. The molecule has 0 radical (unpaired) electrons. The van der Waals surface area contributed by atoms with Crippen molar-refractivity contribution in [3.05, 3.63) is 65.5 Å². The zero-order chi connectivity index (χ0) is 18.7. The SMILES string of the molecule is Cc1nc(NC(=O)Cc2ccc(C(F)(F)F)cc2)sc1-c1ccccn1. The number of aryl methyl sites for hydroxylation is 1. The van der Waals surface area contributed by atoms with Crippen LogP contribution >= 0.6 is 11.3 Å². The number of anilines is 1. The monoisotopic (exact) mass is 377 g/mol. The fourth-order valence-corrected chi connectivity index (χ4v) is 3.30. The van der Waals surface area contributed by atoms with Crippen LogP contribution in [0.2, 0.25) is 0 Å². The quantitative estimate of drug-likeness (QED) is 0.716. The number of thiazole rings is 1. The number of benzene rings is 1. The highest BCUT2D eigenvalue weighted by Gasteiger charge is 2.30. The van der Waals surface area contributed by atoms with Crippen LogP contribution in [0.15, 0.2) is 48.7 Å². The summed E-state index contributed by atoms with van der Waals surface area (Å²) in [5.41, 5.74) is 1.27. The van der Waals surface area contributed by atoms with Gasteiger partial charge in [-0.15, -0.1) is 0 Å². The van der Waals surface area contributed by atoms with Gasteiger partial charge in [0, 0.05) is 6.20 Å². The number of carbonyl (C=O) groups excluding carboxylic acids is 1. The fraction of sp³-hybridized carbons (Fsp3) is 0.167. The Kier molecular flexibility index (Phi) is 5.03. The molecule has 0 atom stereocenters. The Hall–Kier alpha value is -2.74. The van der Waals surface area contributed by atoms with Crippen molar-refractivity contribution in [2.45, 2.75) is 19.5 Å². The van der Waals surface area contributed by atoms with Crippen LogP contribution in [0.5, 0.6) is 0 Å². The first-order valence-electron chi connectivity index (χ1n) is 7.68. The van der Waals surface area contributed by atoms with Crippen LogP contribution < -0.4 is 5.32 Å². The predicted octanol–water partition coefficient (Wildman–Crippen LogP) is 4.71. The number of halogens is 3. The average molecular weight is 377 g/mol. The molecular weight excluding hydrogens is 363 g/mol. The van der Waals surface area contributed by atoms with Gasteiger partial charge < -0.3 is 5.32 Å². The van der Waals surface area contributed by atoms with Gasteiger partial charge in [0.05, 0.1) is 28.2 Å². The number of rotatable bonds is 4. The average Bonchev–Trinajstić information content (AvgIpc) is 2.95. The van der Waals surface area contributed by atoms with Crippen LogP contribution in [0.1, 0.15) is 16.8 Å². The highest BCUT2D eigenvalue weighted by Crippen LogP contribution is 2.31. The van der Waals surface area contributed by atoms with Gasteiger partial charge >= 0.3 is 6.18 Å². The molecule has 4 nitrogen and oxygen atoms in total. The fourth-order valence-electron chi connectivity index (χ4n) is 2.35. The Morgan fingerprint density at radius 1 is 1.15 bits per heavy atom. The summed E-state index contributed by atoms with van der Waals surface area (Å²) in [6, 6.07) is 10.1. The molecule has 0 spiro atoms. The minimum Gasteiger partial charge on any atom is -0.302 e. The van der Waals surface area contributed by atoms with Gasteiger partial charge in [-0.05, 0) is 36.8 Å². The van der Waals surface area contributed by atoms with Gasteiger partial charge in [-0.2, -0.15) is 13.2 Å². The third-order valence-corrected chi connectivity index (χ3v) is 4.68. The lowest BCUT2D eigenvalue weighted by atomic mass is 10.1. The Balaban J connectivity index is 1.67. The van der Waals surface area contributed by atoms with E-state index in [1.165, 1.54) is 23.5 Å². The van der Waals surface area contributed by atoms with Gasteiger partial charge in [-0.1, -0.05) is 29.5 Å². The number of alkyl halides is 3. The Bertz CT molecular complexity index is 906. The van der Waals surface area contributed by atoms with Crippen molar-refractivity contribution in [2.24, 2.45) is 0 Å². The van der Waals surface area contributed by atoms with Gasteiger partial charge in [-0.25, -0.2) is 4.98 Å². The first-order chi connectivity index (χ1) is 12.3. The second-order valence-electron chi connectivity index (χ2n) is 5.57. The van der Waals surface area contributed by atoms with E-state index in [0.717, 1.165) is 28.4 Å². The summed E-state index contributed by atoms with van der Waals surface area (Å²) in [5.74, 6) is -0.342. The zero-order valence-electron chi connectivity index (χ0n) is 13.7. The van der Waals surface area contributed by atoms with E-state index in [0.29, 0.717) is 10.7 Å². The van der Waals surface area contributed by atoms with E-state index in [1.807, 2.05) is 25.1 Å². The predicted molar refractivity (Wildman–Crippen MR) is 93.9 cm³/mol. The Morgan fingerprint density at radius 3 is 2.50 bits per heavy atom. The molecular formula is C18H14F3N3OS. The molecule has 3 rings (SSSR count). The molecule has 3 aromatic rings. The van der Waals surface area contributed by atoms with E-state index >= 15 is 0 Å². The van der Waals surface area contributed by atoms with Gasteiger partial charge in [0.1, 0.15) is 0 Å². The molecule has 0 aliphatic carbocycles. The van der Waals surface area contributed by atoms with Crippen molar-refractivity contribution < 1.29 is 18.0 Å². The van der Waals surface area contributed by atoms with E-state index in [9.17, 15) is 18.0 Å². The molecule has 8 heteroatoms. The number of hydrogen-bond donors (Lipinski definition) is 1.